The van der Waals surface area contributed by atoms with Gasteiger partial charge in [-0.15, -0.1) is 0 Å². The summed E-state index contributed by atoms with van der Waals surface area (Å²) in [5.74, 6) is 0.930. The molecule has 1 fully saturated rings. The van der Waals surface area contributed by atoms with Gasteiger partial charge < -0.3 is 20.3 Å². The fourth-order valence-electron chi connectivity index (χ4n) is 3.35. The van der Waals surface area contributed by atoms with Crippen molar-refractivity contribution in [2.75, 3.05) is 31.2 Å². The van der Waals surface area contributed by atoms with Crippen molar-refractivity contribution in [1.82, 2.24) is 15.6 Å². The number of urea groups is 1. The second-order valence-electron chi connectivity index (χ2n) is 8.16. The molecule has 1 unspecified atom stereocenters. The molecule has 1 saturated heterocycles. The molecule has 1 aliphatic rings. The maximum absolute atomic E-state index is 12.6. The number of carbonyl (C=O) groups excluding carboxylic acids is 1. The summed E-state index contributed by atoms with van der Waals surface area (Å²) >= 11 is 0. The molecule has 2 amide bonds. The van der Waals surface area contributed by atoms with E-state index in [9.17, 15) is 4.79 Å². The predicted octanol–water partition coefficient (Wildman–Crippen LogP) is 3.50. The van der Waals surface area contributed by atoms with Crippen molar-refractivity contribution in [3.05, 3.63) is 59.8 Å². The van der Waals surface area contributed by atoms with Crippen LogP contribution in [0.2, 0.25) is 0 Å². The molecule has 2 aromatic rings. The number of hydrogen-bond donors (Lipinski definition) is 2. The number of ether oxygens (including phenoxy) is 1. The number of carbonyl (C=O) groups is 1. The first-order chi connectivity index (χ1) is 13.4. The predicted molar refractivity (Wildman–Crippen MR) is 111 cm³/mol. The summed E-state index contributed by atoms with van der Waals surface area (Å²) in [4.78, 5) is 19.2. The molecular weight excluding hydrogens is 352 g/mol. The molecule has 1 aliphatic heterocycles. The molecule has 0 saturated carbocycles. The number of amides is 2. The van der Waals surface area contributed by atoms with Gasteiger partial charge >= 0.3 is 6.03 Å². The highest BCUT2D eigenvalue weighted by molar-refractivity contribution is 5.74. The summed E-state index contributed by atoms with van der Waals surface area (Å²) in [6.45, 7) is 9.97. The van der Waals surface area contributed by atoms with Crippen molar-refractivity contribution in [3.63, 3.8) is 0 Å². The molecule has 0 aliphatic carbocycles. The van der Waals surface area contributed by atoms with Crippen LogP contribution >= 0.6 is 0 Å². The fraction of sp³-hybridized carbons (Fsp3) is 0.455. The Morgan fingerprint density at radius 1 is 1.18 bits per heavy atom. The highest BCUT2D eigenvalue weighted by atomic mass is 16.5. The van der Waals surface area contributed by atoms with Gasteiger partial charge in [-0.2, -0.15) is 0 Å². The van der Waals surface area contributed by atoms with Crippen molar-refractivity contribution in [2.24, 2.45) is 5.41 Å². The lowest BCUT2D eigenvalue weighted by Gasteiger charge is -2.32. The number of nitrogens with one attached hydrogen (secondary N) is 2. The summed E-state index contributed by atoms with van der Waals surface area (Å²) < 4.78 is 5.40. The number of anilines is 1. The van der Waals surface area contributed by atoms with Gasteiger partial charge in [0.25, 0.3) is 0 Å². The zero-order chi connectivity index (χ0) is 20.0. The summed E-state index contributed by atoms with van der Waals surface area (Å²) in [5, 5.41) is 6.11. The van der Waals surface area contributed by atoms with E-state index in [1.165, 1.54) is 0 Å². The van der Waals surface area contributed by atoms with Gasteiger partial charge in [0, 0.05) is 25.8 Å². The second kappa shape index (κ2) is 9.06. The van der Waals surface area contributed by atoms with Gasteiger partial charge in [-0.1, -0.05) is 51.1 Å². The maximum Gasteiger partial charge on any atom is 0.315 e. The van der Waals surface area contributed by atoms with Crippen LogP contribution in [0.5, 0.6) is 0 Å². The van der Waals surface area contributed by atoms with Gasteiger partial charge in [0.1, 0.15) is 5.82 Å². The van der Waals surface area contributed by atoms with Crippen molar-refractivity contribution < 1.29 is 9.53 Å². The largest absolute Gasteiger partial charge is 0.378 e. The molecule has 1 aromatic heterocycles. The first kappa shape index (κ1) is 20.1. The first-order valence-electron chi connectivity index (χ1n) is 9.80. The third kappa shape index (κ3) is 5.45. The minimum Gasteiger partial charge on any atom is -0.378 e. The van der Waals surface area contributed by atoms with E-state index >= 15 is 0 Å². The SMILES string of the molecule is CC(C)(C)C(NC(=O)NCc1ccnc(N2CCOCC2)c1)c1ccccc1. The number of benzene rings is 1. The molecule has 0 spiro atoms. The monoisotopic (exact) mass is 382 g/mol. The minimum atomic E-state index is -0.173. The first-order valence-corrected chi connectivity index (χ1v) is 9.80. The van der Waals surface area contributed by atoms with E-state index in [4.69, 9.17) is 4.74 Å². The van der Waals surface area contributed by atoms with E-state index in [0.29, 0.717) is 6.54 Å². The molecular formula is C22H30N4O2. The van der Waals surface area contributed by atoms with Gasteiger partial charge in [0.15, 0.2) is 0 Å². The lowest BCUT2D eigenvalue weighted by Crippen LogP contribution is -2.42. The molecule has 150 valence electrons. The molecule has 0 radical (unpaired) electrons. The number of morpholine rings is 1. The summed E-state index contributed by atoms with van der Waals surface area (Å²) in [7, 11) is 0. The van der Waals surface area contributed by atoms with Crippen LogP contribution in [0.1, 0.15) is 37.9 Å². The molecule has 0 bridgehead atoms. The van der Waals surface area contributed by atoms with Crippen LogP contribution in [0.4, 0.5) is 10.6 Å². The quantitative estimate of drug-likeness (QED) is 0.831. The molecule has 3 rings (SSSR count). The summed E-state index contributed by atoms with van der Waals surface area (Å²) in [6.07, 6.45) is 1.79. The van der Waals surface area contributed by atoms with E-state index in [1.807, 2.05) is 42.5 Å². The number of rotatable bonds is 5. The third-order valence-electron chi connectivity index (χ3n) is 4.87. The summed E-state index contributed by atoms with van der Waals surface area (Å²) in [5.41, 5.74) is 2.03. The van der Waals surface area contributed by atoms with Crippen LogP contribution in [0.25, 0.3) is 0 Å². The van der Waals surface area contributed by atoms with Crippen molar-refractivity contribution in [2.45, 2.75) is 33.4 Å². The van der Waals surface area contributed by atoms with Crippen LogP contribution in [0, 0.1) is 5.41 Å². The third-order valence-corrected chi connectivity index (χ3v) is 4.87. The minimum absolute atomic E-state index is 0.0740. The maximum atomic E-state index is 12.6. The van der Waals surface area contributed by atoms with E-state index in [2.05, 4.69) is 41.3 Å². The number of nitrogens with zero attached hydrogens (tertiary/aromatic N) is 2. The molecule has 2 heterocycles. The smallest absolute Gasteiger partial charge is 0.315 e. The van der Waals surface area contributed by atoms with Crippen LogP contribution in [0.15, 0.2) is 48.7 Å². The lowest BCUT2D eigenvalue weighted by atomic mass is 9.82. The molecule has 6 nitrogen and oxygen atoms in total. The van der Waals surface area contributed by atoms with Crippen LogP contribution in [-0.4, -0.2) is 37.3 Å². The fourth-order valence-corrected chi connectivity index (χ4v) is 3.35. The Morgan fingerprint density at radius 2 is 1.89 bits per heavy atom. The van der Waals surface area contributed by atoms with Gasteiger partial charge in [0.2, 0.25) is 0 Å². The standard InChI is InChI=1S/C22H30N4O2/c1-22(2,3)20(18-7-5-4-6-8-18)25-21(27)24-16-17-9-10-23-19(15-17)26-11-13-28-14-12-26/h4-10,15,20H,11-14,16H2,1-3H3,(H2,24,25,27). The summed E-state index contributed by atoms with van der Waals surface area (Å²) in [6, 6.07) is 13.8. The zero-order valence-electron chi connectivity index (χ0n) is 16.9. The Morgan fingerprint density at radius 3 is 2.57 bits per heavy atom. The van der Waals surface area contributed by atoms with Crippen LogP contribution in [0.3, 0.4) is 0 Å². The molecule has 2 N–H and O–H groups in total. The van der Waals surface area contributed by atoms with Crippen molar-refractivity contribution in [1.29, 1.82) is 0 Å². The van der Waals surface area contributed by atoms with E-state index < -0.39 is 0 Å². The van der Waals surface area contributed by atoms with Gasteiger partial charge in [-0.25, -0.2) is 9.78 Å². The van der Waals surface area contributed by atoms with E-state index in [0.717, 1.165) is 43.2 Å². The normalized spacial score (nSPS) is 15.8. The second-order valence-corrected chi connectivity index (χ2v) is 8.16. The highest BCUT2D eigenvalue weighted by Gasteiger charge is 2.27. The van der Waals surface area contributed by atoms with E-state index in [-0.39, 0.29) is 17.5 Å². The van der Waals surface area contributed by atoms with E-state index in [1.54, 1.807) is 6.20 Å². The Hall–Kier alpha value is -2.60. The molecule has 1 atom stereocenters. The Labute approximate surface area is 167 Å². The lowest BCUT2D eigenvalue weighted by molar-refractivity contribution is 0.122. The molecule has 28 heavy (non-hydrogen) atoms. The number of hydrogen-bond acceptors (Lipinski definition) is 4. The van der Waals surface area contributed by atoms with Crippen molar-refractivity contribution >= 4 is 11.8 Å². The Balaban J connectivity index is 1.60. The zero-order valence-corrected chi connectivity index (χ0v) is 16.9. The Kier molecular flexibility index (Phi) is 6.52. The van der Waals surface area contributed by atoms with Crippen molar-refractivity contribution in [3.8, 4) is 0 Å². The van der Waals surface area contributed by atoms with Gasteiger partial charge in [-0.05, 0) is 28.7 Å². The Bertz CT molecular complexity index is 768. The van der Waals surface area contributed by atoms with Crippen LogP contribution in [-0.2, 0) is 11.3 Å². The number of pyridine rings is 1. The number of aromatic nitrogens is 1. The average molecular weight is 383 g/mol. The molecule has 6 heteroatoms. The highest BCUT2D eigenvalue weighted by Crippen LogP contribution is 2.32. The van der Waals surface area contributed by atoms with Crippen LogP contribution < -0.4 is 15.5 Å². The van der Waals surface area contributed by atoms with Gasteiger partial charge in [-0.3, -0.25) is 0 Å². The topological polar surface area (TPSA) is 66.5 Å². The average Bonchev–Trinajstić information content (AvgIpc) is 2.71. The molecule has 1 aromatic carbocycles. The van der Waals surface area contributed by atoms with Gasteiger partial charge in [0.05, 0.1) is 19.3 Å².